The minimum atomic E-state index is 0.326. The third kappa shape index (κ3) is 2.34. The van der Waals surface area contributed by atoms with E-state index in [1.54, 1.807) is 18.4 Å². The van der Waals surface area contributed by atoms with Crippen LogP contribution in [0.1, 0.15) is 17.3 Å². The molecule has 0 fully saturated rings. The zero-order valence-electron chi connectivity index (χ0n) is 10.5. The first-order chi connectivity index (χ1) is 8.86. The zero-order valence-corrected chi connectivity index (χ0v) is 11.3. The molecule has 4 nitrogen and oxygen atoms in total. The van der Waals surface area contributed by atoms with Gasteiger partial charge in [-0.05, 0) is 28.5 Å². The minimum absolute atomic E-state index is 0.326. The van der Waals surface area contributed by atoms with Gasteiger partial charge >= 0.3 is 0 Å². The third-order valence-corrected chi connectivity index (χ3v) is 4.03. The number of hydrogen-bond acceptors (Lipinski definition) is 4. The van der Waals surface area contributed by atoms with E-state index in [0.717, 1.165) is 26.2 Å². The molecular weight excluding hydrogens is 246 g/mol. The molecule has 0 aliphatic carbocycles. The highest BCUT2D eigenvalue weighted by atomic mass is 32.1. The van der Waals surface area contributed by atoms with Gasteiger partial charge in [-0.1, -0.05) is 0 Å². The monoisotopic (exact) mass is 263 g/mol. The smallest absolute Gasteiger partial charge is 0.0882 e. The highest BCUT2D eigenvalue weighted by Crippen LogP contribution is 2.22. The molecule has 0 saturated carbocycles. The van der Waals surface area contributed by atoms with E-state index in [2.05, 4.69) is 37.6 Å². The van der Waals surface area contributed by atoms with Crippen molar-refractivity contribution in [2.45, 2.75) is 19.1 Å². The summed E-state index contributed by atoms with van der Waals surface area (Å²) in [6.45, 7) is 3.69. The fourth-order valence-electron chi connectivity index (χ4n) is 2.54. The number of hydrogen-bond donors (Lipinski definition) is 0. The van der Waals surface area contributed by atoms with Crippen LogP contribution in [-0.4, -0.2) is 34.9 Å². The Bertz CT molecular complexity index is 494. The molecule has 5 heteroatoms. The van der Waals surface area contributed by atoms with Crippen LogP contribution in [0.25, 0.3) is 0 Å². The standard InChI is InChI=1S/C13H17N3OS/c1-17-9-13-8-15(6-11-3-5-18-10-11)7-12-2-4-14-16(12)13/h2-5,10,13H,6-9H2,1H3. The summed E-state index contributed by atoms with van der Waals surface area (Å²) in [6, 6.07) is 4.62. The molecule has 2 aromatic rings. The van der Waals surface area contributed by atoms with Gasteiger partial charge in [-0.25, -0.2) is 0 Å². The van der Waals surface area contributed by atoms with Crippen LogP contribution in [0.3, 0.4) is 0 Å². The number of fused-ring (bicyclic) bond motifs is 1. The summed E-state index contributed by atoms with van der Waals surface area (Å²) in [5.74, 6) is 0. The van der Waals surface area contributed by atoms with Gasteiger partial charge in [-0.3, -0.25) is 9.58 Å². The van der Waals surface area contributed by atoms with Crippen LogP contribution in [0.5, 0.6) is 0 Å². The van der Waals surface area contributed by atoms with Gasteiger partial charge < -0.3 is 4.74 Å². The predicted octanol–water partition coefficient (Wildman–Crippen LogP) is 2.15. The van der Waals surface area contributed by atoms with Crippen LogP contribution in [0.2, 0.25) is 0 Å². The number of thiophene rings is 1. The lowest BCUT2D eigenvalue weighted by Crippen LogP contribution is -2.38. The summed E-state index contributed by atoms with van der Waals surface area (Å²) in [6.07, 6.45) is 1.88. The van der Waals surface area contributed by atoms with Gasteiger partial charge in [0.2, 0.25) is 0 Å². The second-order valence-electron chi connectivity index (χ2n) is 4.68. The lowest BCUT2D eigenvalue weighted by molar-refractivity contribution is 0.0908. The molecule has 0 bridgehead atoms. The van der Waals surface area contributed by atoms with Crippen LogP contribution in [0.4, 0.5) is 0 Å². The Balaban J connectivity index is 1.76. The van der Waals surface area contributed by atoms with Crippen molar-refractivity contribution in [3.63, 3.8) is 0 Å². The summed E-state index contributed by atoms with van der Waals surface area (Å²) in [5.41, 5.74) is 2.67. The van der Waals surface area contributed by atoms with Crippen LogP contribution >= 0.6 is 11.3 Å². The quantitative estimate of drug-likeness (QED) is 0.846. The highest BCUT2D eigenvalue weighted by Gasteiger charge is 2.25. The number of aromatic nitrogens is 2. The van der Waals surface area contributed by atoms with Crippen LogP contribution < -0.4 is 0 Å². The summed E-state index contributed by atoms with van der Waals surface area (Å²) in [7, 11) is 1.75. The van der Waals surface area contributed by atoms with E-state index in [9.17, 15) is 0 Å². The molecule has 1 aliphatic heterocycles. The van der Waals surface area contributed by atoms with Crippen molar-refractivity contribution in [2.75, 3.05) is 20.3 Å². The molecule has 3 heterocycles. The van der Waals surface area contributed by atoms with Crippen molar-refractivity contribution in [1.82, 2.24) is 14.7 Å². The van der Waals surface area contributed by atoms with Gasteiger partial charge in [0.05, 0.1) is 18.3 Å². The molecule has 0 spiro atoms. The summed E-state index contributed by atoms with van der Waals surface area (Å²) in [5, 5.41) is 8.75. The average molecular weight is 263 g/mol. The molecular formula is C13H17N3OS. The van der Waals surface area contributed by atoms with Gasteiger partial charge in [-0.15, -0.1) is 0 Å². The maximum atomic E-state index is 5.31. The normalized spacial score (nSPS) is 19.9. The van der Waals surface area contributed by atoms with E-state index in [4.69, 9.17) is 4.74 Å². The first-order valence-electron chi connectivity index (χ1n) is 6.11. The van der Waals surface area contributed by atoms with Crippen molar-refractivity contribution in [2.24, 2.45) is 0 Å². The Morgan fingerprint density at radius 2 is 2.44 bits per heavy atom. The van der Waals surface area contributed by atoms with Crippen molar-refractivity contribution in [3.8, 4) is 0 Å². The molecule has 0 aromatic carbocycles. The largest absolute Gasteiger partial charge is 0.382 e. The van der Waals surface area contributed by atoms with Gasteiger partial charge in [0, 0.05) is 32.9 Å². The number of ether oxygens (including phenoxy) is 1. The summed E-state index contributed by atoms with van der Waals surface area (Å²) >= 11 is 1.76. The Hall–Kier alpha value is -1.17. The zero-order chi connectivity index (χ0) is 12.4. The minimum Gasteiger partial charge on any atom is -0.382 e. The topological polar surface area (TPSA) is 30.3 Å². The van der Waals surface area contributed by atoms with E-state index in [1.165, 1.54) is 11.3 Å². The average Bonchev–Trinajstić information content (AvgIpc) is 3.00. The second kappa shape index (κ2) is 5.22. The molecule has 2 aromatic heterocycles. The molecule has 96 valence electrons. The number of nitrogens with zero attached hydrogens (tertiary/aromatic N) is 3. The molecule has 3 rings (SSSR count). The SMILES string of the molecule is COCC1CN(Cc2ccsc2)Cc2ccnn21. The first-order valence-corrected chi connectivity index (χ1v) is 7.06. The molecule has 1 aliphatic rings. The Morgan fingerprint density at radius 1 is 1.50 bits per heavy atom. The number of rotatable bonds is 4. The maximum absolute atomic E-state index is 5.31. The van der Waals surface area contributed by atoms with E-state index < -0.39 is 0 Å². The third-order valence-electron chi connectivity index (χ3n) is 3.30. The molecule has 1 atom stereocenters. The van der Waals surface area contributed by atoms with Crippen molar-refractivity contribution >= 4 is 11.3 Å². The molecule has 0 amide bonds. The van der Waals surface area contributed by atoms with Gasteiger partial charge in [0.15, 0.2) is 0 Å². The highest BCUT2D eigenvalue weighted by molar-refractivity contribution is 7.07. The van der Waals surface area contributed by atoms with Crippen molar-refractivity contribution < 1.29 is 4.74 Å². The maximum Gasteiger partial charge on any atom is 0.0882 e. The second-order valence-corrected chi connectivity index (χ2v) is 5.46. The van der Waals surface area contributed by atoms with Gasteiger partial charge in [0.1, 0.15) is 0 Å². The molecule has 0 N–H and O–H groups in total. The lowest BCUT2D eigenvalue weighted by Gasteiger charge is -2.33. The fourth-order valence-corrected chi connectivity index (χ4v) is 3.20. The summed E-state index contributed by atoms with van der Waals surface area (Å²) in [4.78, 5) is 2.46. The number of methoxy groups -OCH3 is 1. The van der Waals surface area contributed by atoms with E-state index in [0.29, 0.717) is 6.04 Å². The van der Waals surface area contributed by atoms with Crippen molar-refractivity contribution in [1.29, 1.82) is 0 Å². The van der Waals surface area contributed by atoms with Crippen LogP contribution in [-0.2, 0) is 17.8 Å². The molecule has 0 saturated heterocycles. The van der Waals surface area contributed by atoms with E-state index >= 15 is 0 Å². The fraction of sp³-hybridized carbons (Fsp3) is 0.462. The first kappa shape index (κ1) is 11.9. The Morgan fingerprint density at radius 3 is 3.22 bits per heavy atom. The molecule has 1 unspecified atom stereocenters. The van der Waals surface area contributed by atoms with E-state index in [-0.39, 0.29) is 0 Å². The van der Waals surface area contributed by atoms with Crippen LogP contribution in [0, 0.1) is 0 Å². The van der Waals surface area contributed by atoms with Gasteiger partial charge in [0.25, 0.3) is 0 Å². The van der Waals surface area contributed by atoms with Crippen molar-refractivity contribution in [3.05, 3.63) is 40.3 Å². The van der Waals surface area contributed by atoms with Crippen LogP contribution in [0.15, 0.2) is 29.1 Å². The van der Waals surface area contributed by atoms with E-state index in [1.807, 2.05) is 6.20 Å². The Kier molecular flexibility index (Phi) is 3.45. The lowest BCUT2D eigenvalue weighted by atomic mass is 10.2. The Labute approximate surface area is 111 Å². The molecule has 0 radical (unpaired) electrons. The van der Waals surface area contributed by atoms with Gasteiger partial charge in [-0.2, -0.15) is 16.4 Å². The predicted molar refractivity (Wildman–Crippen MR) is 71.6 cm³/mol. The summed E-state index contributed by atoms with van der Waals surface area (Å²) < 4.78 is 7.41. The molecule has 18 heavy (non-hydrogen) atoms.